The standard InChI is InChI=1S/C59H108O5/c1-4-7-10-13-16-19-22-25-28-30-32-34-37-40-43-46-49-52-58(60)63-56-57(55-62-54-51-48-45-42-39-36-33-29-26-23-20-17-14-11-8-5-2)64-59(61)53-50-47-44-41-38-35-31-27-24-21-18-15-12-9-6-3/h9,12,18,21,25,27-28,31,57H,4-8,10-11,13-17,19-20,22-24,26,29-30,32-56H2,1-3H3/b12-9-,21-18-,28-25-,31-27-/t57-/m1/s1. The zero-order valence-electron chi connectivity index (χ0n) is 43.1. The van der Waals surface area contributed by atoms with Crippen molar-refractivity contribution in [2.24, 2.45) is 0 Å². The van der Waals surface area contributed by atoms with Gasteiger partial charge in [-0.2, -0.15) is 0 Å². The van der Waals surface area contributed by atoms with Crippen LogP contribution in [-0.4, -0.2) is 37.9 Å². The lowest BCUT2D eigenvalue weighted by Crippen LogP contribution is -2.30. The zero-order valence-corrected chi connectivity index (χ0v) is 43.1. The van der Waals surface area contributed by atoms with Crippen LogP contribution < -0.4 is 0 Å². The van der Waals surface area contributed by atoms with Crippen LogP contribution in [0.4, 0.5) is 0 Å². The molecule has 0 saturated carbocycles. The van der Waals surface area contributed by atoms with Gasteiger partial charge in [-0.25, -0.2) is 0 Å². The minimum absolute atomic E-state index is 0.0795. The van der Waals surface area contributed by atoms with Crippen molar-refractivity contribution in [3.05, 3.63) is 48.6 Å². The number of allylic oxidation sites excluding steroid dienone is 8. The summed E-state index contributed by atoms with van der Waals surface area (Å²) >= 11 is 0. The fraction of sp³-hybridized carbons (Fsp3) is 0.831. The first-order valence-corrected chi connectivity index (χ1v) is 28.2. The predicted molar refractivity (Wildman–Crippen MR) is 279 cm³/mol. The Morgan fingerprint density at radius 3 is 1.14 bits per heavy atom. The van der Waals surface area contributed by atoms with E-state index in [0.29, 0.717) is 19.4 Å². The molecule has 0 amide bonds. The molecule has 0 aromatic heterocycles. The van der Waals surface area contributed by atoms with Gasteiger partial charge >= 0.3 is 11.9 Å². The molecule has 0 aliphatic heterocycles. The van der Waals surface area contributed by atoms with E-state index in [1.54, 1.807) is 0 Å². The third kappa shape index (κ3) is 52.5. The molecule has 0 saturated heterocycles. The Morgan fingerprint density at radius 2 is 0.703 bits per heavy atom. The Hall–Kier alpha value is -2.14. The number of unbranched alkanes of at least 4 members (excludes halogenated alkanes) is 33. The third-order valence-electron chi connectivity index (χ3n) is 12.3. The van der Waals surface area contributed by atoms with E-state index in [1.807, 2.05) is 0 Å². The lowest BCUT2D eigenvalue weighted by atomic mass is 10.0. The van der Waals surface area contributed by atoms with Crippen LogP contribution in [0.25, 0.3) is 0 Å². The van der Waals surface area contributed by atoms with Crippen LogP contribution in [0.5, 0.6) is 0 Å². The number of hydrogen-bond donors (Lipinski definition) is 0. The fourth-order valence-electron chi connectivity index (χ4n) is 8.17. The summed E-state index contributed by atoms with van der Waals surface area (Å²) in [5, 5.41) is 0. The first-order valence-electron chi connectivity index (χ1n) is 28.2. The molecule has 0 rings (SSSR count). The van der Waals surface area contributed by atoms with Crippen molar-refractivity contribution in [2.45, 2.75) is 297 Å². The molecule has 0 N–H and O–H groups in total. The van der Waals surface area contributed by atoms with E-state index >= 15 is 0 Å². The smallest absolute Gasteiger partial charge is 0.306 e. The molecule has 0 aromatic carbocycles. The molecule has 0 spiro atoms. The van der Waals surface area contributed by atoms with Gasteiger partial charge in [0, 0.05) is 19.4 Å². The minimum Gasteiger partial charge on any atom is -0.462 e. The fourth-order valence-corrected chi connectivity index (χ4v) is 8.17. The molecular formula is C59H108O5. The topological polar surface area (TPSA) is 61.8 Å². The Morgan fingerprint density at radius 1 is 0.359 bits per heavy atom. The largest absolute Gasteiger partial charge is 0.462 e. The molecular weight excluding hydrogens is 789 g/mol. The van der Waals surface area contributed by atoms with E-state index in [0.717, 1.165) is 64.2 Å². The Balaban J connectivity index is 4.26. The second-order valence-electron chi connectivity index (χ2n) is 18.8. The van der Waals surface area contributed by atoms with E-state index in [-0.39, 0.29) is 25.2 Å². The highest BCUT2D eigenvalue weighted by atomic mass is 16.6. The predicted octanol–water partition coefficient (Wildman–Crippen LogP) is 19.1. The van der Waals surface area contributed by atoms with Gasteiger partial charge in [-0.3, -0.25) is 9.59 Å². The average molecular weight is 898 g/mol. The molecule has 1 atom stereocenters. The second kappa shape index (κ2) is 55.2. The number of ether oxygens (including phenoxy) is 3. The van der Waals surface area contributed by atoms with Gasteiger partial charge in [-0.05, 0) is 77.0 Å². The van der Waals surface area contributed by atoms with Crippen molar-refractivity contribution in [1.29, 1.82) is 0 Å². The number of carbonyl (C=O) groups is 2. The molecule has 0 heterocycles. The Labute approximate surface area is 399 Å². The van der Waals surface area contributed by atoms with Crippen LogP contribution in [0.15, 0.2) is 48.6 Å². The van der Waals surface area contributed by atoms with Gasteiger partial charge in [0.05, 0.1) is 6.61 Å². The molecule has 64 heavy (non-hydrogen) atoms. The molecule has 5 nitrogen and oxygen atoms in total. The maximum Gasteiger partial charge on any atom is 0.306 e. The summed E-state index contributed by atoms with van der Waals surface area (Å²) in [6.07, 6.45) is 68.4. The molecule has 0 bridgehead atoms. The van der Waals surface area contributed by atoms with Crippen molar-refractivity contribution in [1.82, 2.24) is 0 Å². The van der Waals surface area contributed by atoms with Gasteiger partial charge in [0.2, 0.25) is 0 Å². The van der Waals surface area contributed by atoms with E-state index in [9.17, 15) is 9.59 Å². The molecule has 0 fully saturated rings. The minimum atomic E-state index is -0.544. The summed E-state index contributed by atoms with van der Waals surface area (Å²) in [6.45, 7) is 7.74. The van der Waals surface area contributed by atoms with Gasteiger partial charge in [0.25, 0.3) is 0 Å². The Kier molecular flexibility index (Phi) is 53.3. The molecule has 0 aromatic rings. The Bertz CT molecular complexity index is 1060. The number of rotatable bonds is 52. The number of hydrogen-bond acceptors (Lipinski definition) is 5. The van der Waals surface area contributed by atoms with Gasteiger partial charge < -0.3 is 14.2 Å². The average Bonchev–Trinajstić information content (AvgIpc) is 3.30. The monoisotopic (exact) mass is 897 g/mol. The van der Waals surface area contributed by atoms with Gasteiger partial charge in [-0.1, -0.05) is 249 Å². The lowest BCUT2D eigenvalue weighted by molar-refractivity contribution is -0.163. The molecule has 0 aliphatic carbocycles. The van der Waals surface area contributed by atoms with E-state index in [1.165, 1.54) is 193 Å². The first-order chi connectivity index (χ1) is 31.6. The third-order valence-corrected chi connectivity index (χ3v) is 12.3. The van der Waals surface area contributed by atoms with Crippen molar-refractivity contribution in [3.8, 4) is 0 Å². The van der Waals surface area contributed by atoms with Crippen LogP contribution in [0.3, 0.4) is 0 Å². The van der Waals surface area contributed by atoms with Crippen molar-refractivity contribution in [2.75, 3.05) is 19.8 Å². The second-order valence-corrected chi connectivity index (χ2v) is 18.8. The molecule has 0 unspecified atom stereocenters. The van der Waals surface area contributed by atoms with Crippen molar-refractivity contribution in [3.63, 3.8) is 0 Å². The molecule has 5 heteroatoms. The van der Waals surface area contributed by atoms with Gasteiger partial charge in [-0.15, -0.1) is 0 Å². The SMILES string of the molecule is CC/C=C\C/C=C\C/C=C\CCCCCCCC(=O)O[C@H](COCCCCCCCCCCCCCCCCCC)COC(=O)CCCCCCCCC/C=C\CCCCCCCC. The van der Waals surface area contributed by atoms with E-state index < -0.39 is 6.10 Å². The van der Waals surface area contributed by atoms with Crippen LogP contribution >= 0.6 is 0 Å². The highest BCUT2D eigenvalue weighted by Gasteiger charge is 2.17. The van der Waals surface area contributed by atoms with Crippen LogP contribution in [0.1, 0.15) is 290 Å². The maximum atomic E-state index is 12.8. The lowest BCUT2D eigenvalue weighted by Gasteiger charge is -2.18. The molecule has 374 valence electrons. The van der Waals surface area contributed by atoms with Gasteiger partial charge in [0.1, 0.15) is 6.61 Å². The van der Waals surface area contributed by atoms with Crippen LogP contribution in [-0.2, 0) is 23.8 Å². The van der Waals surface area contributed by atoms with Crippen LogP contribution in [0, 0.1) is 0 Å². The highest BCUT2D eigenvalue weighted by molar-refractivity contribution is 5.70. The summed E-state index contributed by atoms with van der Waals surface area (Å²) in [7, 11) is 0. The first kappa shape index (κ1) is 61.9. The summed E-state index contributed by atoms with van der Waals surface area (Å²) in [5.41, 5.74) is 0. The van der Waals surface area contributed by atoms with E-state index in [2.05, 4.69) is 69.4 Å². The van der Waals surface area contributed by atoms with Crippen molar-refractivity contribution < 1.29 is 23.8 Å². The molecule has 0 aliphatic rings. The number of carbonyl (C=O) groups excluding carboxylic acids is 2. The summed E-state index contributed by atoms with van der Waals surface area (Å²) in [6, 6.07) is 0. The normalized spacial score (nSPS) is 12.5. The summed E-state index contributed by atoms with van der Waals surface area (Å²) in [5.74, 6) is -0.407. The number of esters is 2. The quantitative estimate of drug-likeness (QED) is 0.0346. The van der Waals surface area contributed by atoms with E-state index in [4.69, 9.17) is 14.2 Å². The highest BCUT2D eigenvalue weighted by Crippen LogP contribution is 2.16. The van der Waals surface area contributed by atoms with Crippen molar-refractivity contribution >= 4 is 11.9 Å². The zero-order chi connectivity index (χ0) is 46.3. The maximum absolute atomic E-state index is 12.8. The van der Waals surface area contributed by atoms with Gasteiger partial charge in [0.15, 0.2) is 6.10 Å². The molecule has 0 radical (unpaired) electrons. The summed E-state index contributed by atoms with van der Waals surface area (Å²) < 4.78 is 17.5. The summed E-state index contributed by atoms with van der Waals surface area (Å²) in [4.78, 5) is 25.5. The van der Waals surface area contributed by atoms with Crippen LogP contribution in [0.2, 0.25) is 0 Å².